The number of nitrogens with one attached hydrogen (secondary N) is 1. The normalized spacial score (nSPS) is 10.5. The Morgan fingerprint density at radius 3 is 2.57 bits per heavy atom. The lowest BCUT2D eigenvalue weighted by Gasteiger charge is -2.08. The highest BCUT2D eigenvalue weighted by Crippen LogP contribution is 2.29. The lowest BCUT2D eigenvalue weighted by molar-refractivity contribution is -0.383. The van der Waals surface area contributed by atoms with E-state index >= 15 is 0 Å². The molecule has 0 aliphatic rings. The van der Waals surface area contributed by atoms with Gasteiger partial charge in [0, 0.05) is 16.7 Å². The van der Waals surface area contributed by atoms with Crippen LogP contribution in [0.1, 0.15) is 10.4 Å². The second kappa shape index (κ2) is 6.06. The molecule has 3 aromatic carbocycles. The predicted octanol–water partition coefficient (Wildman–Crippen LogP) is 4.65. The lowest BCUT2D eigenvalue weighted by atomic mass is 10.0. The van der Waals surface area contributed by atoms with Gasteiger partial charge < -0.3 is 5.32 Å². The Morgan fingerprint density at radius 1 is 1.04 bits per heavy atom. The molecule has 0 aliphatic carbocycles. The van der Waals surface area contributed by atoms with Crippen LogP contribution in [0.5, 0.6) is 0 Å². The predicted molar refractivity (Wildman–Crippen MR) is 90.0 cm³/mol. The van der Waals surface area contributed by atoms with Crippen molar-refractivity contribution in [1.29, 1.82) is 0 Å². The number of nitro benzene ring substituents is 1. The minimum absolute atomic E-state index is 0.109. The molecular weight excluding hydrogens is 316 g/mol. The molecule has 0 radical (unpaired) electrons. The van der Waals surface area contributed by atoms with Crippen LogP contribution in [0.3, 0.4) is 0 Å². The summed E-state index contributed by atoms with van der Waals surface area (Å²) >= 11 is 5.78. The number of carbonyl (C=O) groups is 1. The molecule has 0 fully saturated rings. The first kappa shape index (κ1) is 15.0. The second-order valence-corrected chi connectivity index (χ2v) is 5.34. The van der Waals surface area contributed by atoms with Crippen LogP contribution in [-0.4, -0.2) is 10.8 Å². The first-order chi connectivity index (χ1) is 11.1. The van der Waals surface area contributed by atoms with Gasteiger partial charge in [0.15, 0.2) is 0 Å². The van der Waals surface area contributed by atoms with E-state index in [0.29, 0.717) is 5.56 Å². The van der Waals surface area contributed by atoms with E-state index in [0.717, 1.165) is 10.8 Å². The quantitative estimate of drug-likeness (QED) is 0.562. The average molecular weight is 327 g/mol. The Hall–Kier alpha value is -2.92. The largest absolute Gasteiger partial charge is 0.316 e. The van der Waals surface area contributed by atoms with Crippen molar-refractivity contribution in [1.82, 2.24) is 0 Å². The van der Waals surface area contributed by atoms with Gasteiger partial charge in [-0.15, -0.1) is 0 Å². The van der Waals surface area contributed by atoms with Crippen molar-refractivity contribution in [2.45, 2.75) is 0 Å². The summed E-state index contributed by atoms with van der Waals surface area (Å²) in [5.41, 5.74) is 0.316. The van der Waals surface area contributed by atoms with Gasteiger partial charge in [0.2, 0.25) is 0 Å². The molecule has 0 heterocycles. The van der Waals surface area contributed by atoms with Crippen LogP contribution in [0.4, 0.5) is 11.4 Å². The van der Waals surface area contributed by atoms with E-state index in [1.165, 1.54) is 18.2 Å². The minimum Gasteiger partial charge on any atom is -0.316 e. The maximum Gasteiger partial charge on any atom is 0.294 e. The molecule has 0 unspecified atom stereocenters. The Labute approximate surface area is 136 Å². The zero-order valence-corrected chi connectivity index (χ0v) is 12.6. The maximum atomic E-state index is 12.5. The molecule has 3 aromatic rings. The molecule has 23 heavy (non-hydrogen) atoms. The van der Waals surface area contributed by atoms with Gasteiger partial charge in [-0.25, -0.2) is 0 Å². The Morgan fingerprint density at radius 2 is 1.78 bits per heavy atom. The number of anilines is 1. The van der Waals surface area contributed by atoms with Gasteiger partial charge in [0.1, 0.15) is 5.69 Å². The number of nitro groups is 1. The second-order valence-electron chi connectivity index (χ2n) is 4.90. The van der Waals surface area contributed by atoms with Gasteiger partial charge >= 0.3 is 0 Å². The van der Waals surface area contributed by atoms with Gasteiger partial charge in [-0.2, -0.15) is 0 Å². The van der Waals surface area contributed by atoms with Crippen molar-refractivity contribution >= 4 is 39.7 Å². The number of hydrogen-bond acceptors (Lipinski definition) is 3. The molecule has 0 saturated carbocycles. The summed E-state index contributed by atoms with van der Waals surface area (Å²) in [7, 11) is 0. The lowest BCUT2D eigenvalue weighted by Crippen LogP contribution is -2.13. The number of carbonyl (C=O) groups excluding carboxylic acids is 1. The highest BCUT2D eigenvalue weighted by molar-refractivity contribution is 6.31. The first-order valence-electron chi connectivity index (χ1n) is 6.79. The average Bonchev–Trinajstić information content (AvgIpc) is 2.55. The van der Waals surface area contributed by atoms with Crippen LogP contribution in [0.2, 0.25) is 5.02 Å². The molecule has 6 heteroatoms. The van der Waals surface area contributed by atoms with E-state index in [1.54, 1.807) is 12.1 Å². The summed E-state index contributed by atoms with van der Waals surface area (Å²) in [6.45, 7) is 0. The molecule has 114 valence electrons. The number of hydrogen-bond donors (Lipinski definition) is 1. The van der Waals surface area contributed by atoms with Gasteiger partial charge in [0.05, 0.1) is 4.92 Å². The summed E-state index contributed by atoms with van der Waals surface area (Å²) in [5, 5.41) is 15.6. The third-order valence-corrected chi connectivity index (χ3v) is 3.67. The van der Waals surface area contributed by atoms with Crippen molar-refractivity contribution in [3.63, 3.8) is 0 Å². The molecule has 0 atom stereocenters. The maximum absolute atomic E-state index is 12.5. The number of benzene rings is 3. The van der Waals surface area contributed by atoms with Crippen LogP contribution >= 0.6 is 11.6 Å². The summed E-state index contributed by atoms with van der Waals surface area (Å²) in [6, 6.07) is 16.9. The van der Waals surface area contributed by atoms with E-state index in [-0.39, 0.29) is 16.4 Å². The summed E-state index contributed by atoms with van der Waals surface area (Å²) < 4.78 is 0. The van der Waals surface area contributed by atoms with Gasteiger partial charge in [-0.05, 0) is 29.0 Å². The number of nitrogens with zero attached hydrogens (tertiary/aromatic N) is 1. The summed E-state index contributed by atoms with van der Waals surface area (Å²) in [4.78, 5) is 23.0. The minimum atomic E-state index is -0.579. The van der Waals surface area contributed by atoms with E-state index in [2.05, 4.69) is 5.32 Å². The van der Waals surface area contributed by atoms with Gasteiger partial charge in [-0.3, -0.25) is 14.9 Å². The third-order valence-electron chi connectivity index (χ3n) is 3.44. The fourth-order valence-electron chi connectivity index (χ4n) is 2.37. The molecule has 1 amide bonds. The van der Waals surface area contributed by atoms with Crippen molar-refractivity contribution in [2.75, 3.05) is 5.32 Å². The highest BCUT2D eigenvalue weighted by atomic mass is 35.5. The summed E-state index contributed by atoms with van der Waals surface area (Å²) in [5.74, 6) is -0.410. The standard InChI is InChI=1S/C17H11ClN2O3/c18-12-8-9-15(16(10-12)20(22)23)19-17(21)14-7-3-5-11-4-1-2-6-13(11)14/h1-10H,(H,19,21). The SMILES string of the molecule is O=C(Nc1ccc(Cl)cc1[N+](=O)[O-])c1cccc2ccccc12. The number of halogens is 1. The molecule has 0 aliphatic heterocycles. The highest BCUT2D eigenvalue weighted by Gasteiger charge is 2.18. The number of fused-ring (bicyclic) bond motifs is 1. The molecule has 0 bridgehead atoms. The number of rotatable bonds is 3. The van der Waals surface area contributed by atoms with Crippen molar-refractivity contribution < 1.29 is 9.72 Å². The molecular formula is C17H11ClN2O3. The fraction of sp³-hybridized carbons (Fsp3) is 0. The van der Waals surface area contributed by atoms with Gasteiger partial charge in [0.25, 0.3) is 11.6 Å². The molecule has 0 saturated heterocycles. The zero-order chi connectivity index (χ0) is 16.4. The van der Waals surface area contributed by atoms with Crippen molar-refractivity contribution in [3.05, 3.63) is 81.4 Å². The topological polar surface area (TPSA) is 72.2 Å². The number of amides is 1. The molecule has 0 aromatic heterocycles. The van der Waals surface area contributed by atoms with Crippen molar-refractivity contribution in [2.24, 2.45) is 0 Å². The van der Waals surface area contributed by atoms with Crippen LogP contribution in [0.25, 0.3) is 10.8 Å². The van der Waals surface area contributed by atoms with E-state index in [9.17, 15) is 14.9 Å². The molecule has 0 spiro atoms. The summed E-state index contributed by atoms with van der Waals surface area (Å²) in [6.07, 6.45) is 0. The Balaban J connectivity index is 2.00. The van der Waals surface area contributed by atoms with E-state index in [4.69, 9.17) is 11.6 Å². The monoisotopic (exact) mass is 326 g/mol. The van der Waals surface area contributed by atoms with Gasteiger partial charge in [-0.1, -0.05) is 48.0 Å². The first-order valence-corrected chi connectivity index (χ1v) is 7.17. The van der Waals surface area contributed by atoms with E-state index in [1.807, 2.05) is 30.3 Å². The van der Waals surface area contributed by atoms with Crippen LogP contribution in [-0.2, 0) is 0 Å². The fourth-order valence-corrected chi connectivity index (χ4v) is 2.54. The molecule has 1 N–H and O–H groups in total. The van der Waals surface area contributed by atoms with E-state index < -0.39 is 10.8 Å². The Bertz CT molecular complexity index is 919. The zero-order valence-electron chi connectivity index (χ0n) is 11.8. The molecule has 5 nitrogen and oxygen atoms in total. The third kappa shape index (κ3) is 3.00. The smallest absolute Gasteiger partial charge is 0.294 e. The molecule has 3 rings (SSSR count). The Kier molecular flexibility index (Phi) is 3.95. The van der Waals surface area contributed by atoms with Crippen molar-refractivity contribution in [3.8, 4) is 0 Å². The van der Waals surface area contributed by atoms with Crippen LogP contribution in [0.15, 0.2) is 60.7 Å². The van der Waals surface area contributed by atoms with Crippen LogP contribution in [0, 0.1) is 10.1 Å². The van der Waals surface area contributed by atoms with Crippen LogP contribution < -0.4 is 5.32 Å².